The number of piperidine rings is 1. The third-order valence-electron chi connectivity index (χ3n) is 3.90. The van der Waals surface area contributed by atoms with Gasteiger partial charge in [0.1, 0.15) is 5.82 Å². The fourth-order valence-corrected chi connectivity index (χ4v) is 2.72. The zero-order valence-corrected chi connectivity index (χ0v) is 10.8. The fourth-order valence-electron chi connectivity index (χ4n) is 2.72. The molecule has 3 heteroatoms. The van der Waals surface area contributed by atoms with Gasteiger partial charge >= 0.3 is 0 Å². The molecule has 18 heavy (non-hydrogen) atoms. The lowest BCUT2D eigenvalue weighted by molar-refractivity contribution is 0.551. The zero-order valence-electron chi connectivity index (χ0n) is 10.8. The number of hydrogen-bond donors (Lipinski definition) is 1. The van der Waals surface area contributed by atoms with Gasteiger partial charge in [-0.25, -0.2) is 4.39 Å². The minimum absolute atomic E-state index is 0.0630. The molecule has 1 aromatic carbocycles. The minimum Gasteiger partial charge on any atom is -0.369 e. The van der Waals surface area contributed by atoms with E-state index in [-0.39, 0.29) is 5.82 Å². The Morgan fingerprint density at radius 1 is 1.17 bits per heavy atom. The van der Waals surface area contributed by atoms with Crippen LogP contribution in [0.2, 0.25) is 0 Å². The van der Waals surface area contributed by atoms with Gasteiger partial charge in [0.05, 0.1) is 5.69 Å². The standard InChI is InChI=1S/C15H21FN2/c16-14-6-4-5-12(11-17-13-7-8-13)15(14)18-9-2-1-3-10-18/h4-6,13,17H,1-3,7-11H2. The van der Waals surface area contributed by atoms with E-state index in [1.54, 1.807) is 6.07 Å². The Hall–Kier alpha value is -1.09. The van der Waals surface area contributed by atoms with Crippen LogP contribution in [-0.2, 0) is 6.54 Å². The van der Waals surface area contributed by atoms with Gasteiger partial charge in [0, 0.05) is 25.7 Å². The van der Waals surface area contributed by atoms with Crippen LogP contribution in [0.25, 0.3) is 0 Å². The van der Waals surface area contributed by atoms with Gasteiger partial charge in [-0.2, -0.15) is 0 Å². The molecule has 98 valence electrons. The van der Waals surface area contributed by atoms with Gasteiger partial charge in [0.2, 0.25) is 0 Å². The molecule has 1 aromatic rings. The van der Waals surface area contributed by atoms with Gasteiger partial charge in [-0.05, 0) is 43.7 Å². The summed E-state index contributed by atoms with van der Waals surface area (Å²) in [5.74, 6) is -0.0630. The molecule has 0 aromatic heterocycles. The van der Waals surface area contributed by atoms with Crippen molar-refractivity contribution in [3.63, 3.8) is 0 Å². The van der Waals surface area contributed by atoms with E-state index in [9.17, 15) is 4.39 Å². The molecule has 0 radical (unpaired) electrons. The normalized spacial score (nSPS) is 20.2. The summed E-state index contributed by atoms with van der Waals surface area (Å²) in [4.78, 5) is 2.22. The number of benzene rings is 1. The maximum Gasteiger partial charge on any atom is 0.146 e. The first-order valence-corrected chi connectivity index (χ1v) is 7.10. The van der Waals surface area contributed by atoms with Gasteiger partial charge in [0.15, 0.2) is 0 Å². The number of nitrogens with zero attached hydrogens (tertiary/aromatic N) is 1. The Bertz CT molecular complexity index is 409. The predicted molar refractivity (Wildman–Crippen MR) is 72.3 cm³/mol. The zero-order chi connectivity index (χ0) is 12.4. The lowest BCUT2D eigenvalue weighted by Crippen LogP contribution is -2.31. The molecular weight excluding hydrogens is 227 g/mol. The molecule has 1 aliphatic carbocycles. The lowest BCUT2D eigenvalue weighted by Gasteiger charge is -2.31. The van der Waals surface area contributed by atoms with Crippen LogP contribution in [0.3, 0.4) is 0 Å². The summed E-state index contributed by atoms with van der Waals surface area (Å²) in [5, 5.41) is 3.49. The van der Waals surface area contributed by atoms with E-state index in [0.717, 1.165) is 30.9 Å². The molecule has 0 bridgehead atoms. The molecule has 1 saturated carbocycles. The number of para-hydroxylation sites is 1. The van der Waals surface area contributed by atoms with E-state index in [4.69, 9.17) is 0 Å². The molecule has 0 spiro atoms. The fraction of sp³-hybridized carbons (Fsp3) is 0.600. The summed E-state index contributed by atoms with van der Waals surface area (Å²) in [6, 6.07) is 6.14. The molecule has 0 atom stereocenters. The van der Waals surface area contributed by atoms with Crippen LogP contribution >= 0.6 is 0 Å². The summed E-state index contributed by atoms with van der Waals surface area (Å²) in [6.45, 7) is 2.79. The van der Waals surface area contributed by atoms with E-state index < -0.39 is 0 Å². The van der Waals surface area contributed by atoms with Crippen LogP contribution in [0.15, 0.2) is 18.2 Å². The molecular formula is C15H21FN2. The highest BCUT2D eigenvalue weighted by Crippen LogP contribution is 2.28. The van der Waals surface area contributed by atoms with Crippen molar-refractivity contribution < 1.29 is 4.39 Å². The highest BCUT2D eigenvalue weighted by molar-refractivity contribution is 5.55. The summed E-state index contributed by atoms with van der Waals surface area (Å²) in [7, 11) is 0. The maximum absolute atomic E-state index is 14.1. The molecule has 1 aliphatic heterocycles. The van der Waals surface area contributed by atoms with E-state index in [0.29, 0.717) is 6.04 Å². The topological polar surface area (TPSA) is 15.3 Å². The van der Waals surface area contributed by atoms with Gasteiger partial charge in [-0.15, -0.1) is 0 Å². The lowest BCUT2D eigenvalue weighted by atomic mass is 10.1. The summed E-state index contributed by atoms with van der Waals surface area (Å²) >= 11 is 0. The summed E-state index contributed by atoms with van der Waals surface area (Å²) in [5.41, 5.74) is 1.95. The van der Waals surface area contributed by atoms with Crippen molar-refractivity contribution in [3.8, 4) is 0 Å². The van der Waals surface area contributed by atoms with Crippen LogP contribution in [0, 0.1) is 5.82 Å². The Balaban J connectivity index is 1.79. The molecule has 1 heterocycles. The number of hydrogen-bond acceptors (Lipinski definition) is 2. The molecule has 1 saturated heterocycles. The Kier molecular flexibility index (Phi) is 3.50. The number of anilines is 1. The van der Waals surface area contributed by atoms with Crippen molar-refractivity contribution in [1.82, 2.24) is 5.32 Å². The Labute approximate surface area is 108 Å². The SMILES string of the molecule is Fc1cccc(CNC2CC2)c1N1CCCCC1. The van der Waals surface area contributed by atoms with Gasteiger partial charge in [-0.3, -0.25) is 0 Å². The predicted octanol–water partition coefficient (Wildman–Crippen LogP) is 3.07. The number of halogens is 1. The quantitative estimate of drug-likeness (QED) is 0.881. The molecule has 0 amide bonds. The molecule has 3 rings (SSSR count). The van der Waals surface area contributed by atoms with Gasteiger partial charge < -0.3 is 10.2 Å². The second kappa shape index (κ2) is 5.27. The molecule has 1 N–H and O–H groups in total. The monoisotopic (exact) mass is 248 g/mol. The highest BCUT2D eigenvalue weighted by atomic mass is 19.1. The Morgan fingerprint density at radius 3 is 2.67 bits per heavy atom. The first kappa shape index (κ1) is 12.0. The number of nitrogens with one attached hydrogen (secondary N) is 1. The van der Waals surface area contributed by atoms with E-state index in [2.05, 4.69) is 16.3 Å². The van der Waals surface area contributed by atoms with Crippen LogP contribution in [0.5, 0.6) is 0 Å². The third-order valence-corrected chi connectivity index (χ3v) is 3.90. The van der Waals surface area contributed by atoms with Crippen LogP contribution < -0.4 is 10.2 Å². The maximum atomic E-state index is 14.1. The molecule has 2 fully saturated rings. The van der Waals surface area contributed by atoms with Crippen molar-refractivity contribution in [1.29, 1.82) is 0 Å². The van der Waals surface area contributed by atoms with E-state index >= 15 is 0 Å². The van der Waals surface area contributed by atoms with Crippen LogP contribution in [0.4, 0.5) is 10.1 Å². The van der Waals surface area contributed by atoms with Gasteiger partial charge in [-0.1, -0.05) is 12.1 Å². The average molecular weight is 248 g/mol. The number of rotatable bonds is 4. The van der Waals surface area contributed by atoms with Crippen molar-refractivity contribution in [3.05, 3.63) is 29.6 Å². The van der Waals surface area contributed by atoms with Crippen molar-refractivity contribution in [2.75, 3.05) is 18.0 Å². The minimum atomic E-state index is -0.0630. The van der Waals surface area contributed by atoms with Gasteiger partial charge in [0.25, 0.3) is 0 Å². The first-order chi connectivity index (χ1) is 8.84. The van der Waals surface area contributed by atoms with Crippen molar-refractivity contribution in [2.45, 2.75) is 44.7 Å². The molecule has 2 aliphatic rings. The molecule has 0 unspecified atom stereocenters. The highest BCUT2D eigenvalue weighted by Gasteiger charge is 2.22. The summed E-state index contributed by atoms with van der Waals surface area (Å²) in [6.07, 6.45) is 6.19. The first-order valence-electron chi connectivity index (χ1n) is 7.10. The third kappa shape index (κ3) is 2.66. The van der Waals surface area contributed by atoms with Crippen LogP contribution in [0.1, 0.15) is 37.7 Å². The smallest absolute Gasteiger partial charge is 0.146 e. The summed E-state index contributed by atoms with van der Waals surface area (Å²) < 4.78 is 14.1. The van der Waals surface area contributed by atoms with E-state index in [1.807, 2.05) is 6.07 Å². The average Bonchev–Trinajstić information content (AvgIpc) is 3.21. The largest absolute Gasteiger partial charge is 0.369 e. The second-order valence-electron chi connectivity index (χ2n) is 5.45. The Morgan fingerprint density at radius 2 is 1.94 bits per heavy atom. The molecule has 2 nitrogen and oxygen atoms in total. The van der Waals surface area contributed by atoms with Crippen molar-refractivity contribution in [2.24, 2.45) is 0 Å². The second-order valence-corrected chi connectivity index (χ2v) is 5.45. The van der Waals surface area contributed by atoms with Crippen molar-refractivity contribution >= 4 is 5.69 Å². The van der Waals surface area contributed by atoms with Crippen LogP contribution in [-0.4, -0.2) is 19.1 Å². The van der Waals surface area contributed by atoms with E-state index in [1.165, 1.54) is 32.1 Å².